The lowest BCUT2D eigenvalue weighted by atomic mass is 10.1. The maximum absolute atomic E-state index is 12.7. The molecular weight excluding hydrogens is 637 g/mol. The number of thioether (sulfide) groups is 1. The highest BCUT2D eigenvalue weighted by atomic mass is 127. The lowest BCUT2D eigenvalue weighted by Gasteiger charge is -2.15. The van der Waals surface area contributed by atoms with Crippen LogP contribution in [0.1, 0.15) is 25.0 Å². The Morgan fingerprint density at radius 2 is 1.79 bits per heavy atom. The third-order valence-corrected chi connectivity index (χ3v) is 7.30. The molecule has 0 spiro atoms. The Labute approximate surface area is 244 Å². The van der Waals surface area contributed by atoms with Gasteiger partial charge in [-0.05, 0) is 90.0 Å². The molecule has 1 heterocycles. The average molecular weight is 662 g/mol. The summed E-state index contributed by atoms with van der Waals surface area (Å²) in [6, 6.07) is 20.7. The smallest absolute Gasteiger partial charge is 0.344 e. The highest BCUT2D eigenvalue weighted by Crippen LogP contribution is 2.42. The molecule has 196 valence electrons. The molecule has 0 amide bonds. The van der Waals surface area contributed by atoms with Crippen LogP contribution in [-0.2, 0) is 16.1 Å². The summed E-state index contributed by atoms with van der Waals surface area (Å²) in [5, 5.41) is 11.7. The molecule has 0 radical (unpaired) electrons. The Morgan fingerprint density at radius 3 is 2.47 bits per heavy atom. The summed E-state index contributed by atoms with van der Waals surface area (Å²) >= 11 is 10.1. The van der Waals surface area contributed by atoms with Crippen LogP contribution in [0, 0.1) is 3.57 Å². The molecule has 0 bridgehead atoms. The molecule has 4 rings (SSSR count). The van der Waals surface area contributed by atoms with Gasteiger partial charge in [-0.3, -0.25) is 0 Å². The number of aliphatic imine (C=N–C) groups is 1. The zero-order valence-electron chi connectivity index (χ0n) is 20.7. The summed E-state index contributed by atoms with van der Waals surface area (Å²) in [4.78, 5) is 17.7. The summed E-state index contributed by atoms with van der Waals surface area (Å²) in [5.41, 5.74) is 2.35. The number of rotatable bonds is 9. The normalized spacial score (nSPS) is 15.3. The van der Waals surface area contributed by atoms with E-state index in [9.17, 15) is 9.90 Å². The fraction of sp³-hybridized carbons (Fsp3) is 0.172. The van der Waals surface area contributed by atoms with Crippen LogP contribution in [0.15, 0.2) is 88.0 Å². The summed E-state index contributed by atoms with van der Waals surface area (Å²) in [6.07, 6.45) is 1.73. The molecule has 0 aliphatic carbocycles. The van der Waals surface area contributed by atoms with Crippen molar-refractivity contribution in [2.24, 2.45) is 4.99 Å². The number of para-hydroxylation sites is 1. The van der Waals surface area contributed by atoms with Gasteiger partial charge in [0.05, 0.1) is 28.8 Å². The maximum atomic E-state index is 12.7. The van der Waals surface area contributed by atoms with Crippen LogP contribution in [0.25, 0.3) is 6.08 Å². The van der Waals surface area contributed by atoms with Gasteiger partial charge in [0.15, 0.2) is 11.5 Å². The van der Waals surface area contributed by atoms with Gasteiger partial charge < -0.3 is 19.3 Å². The van der Waals surface area contributed by atoms with Gasteiger partial charge in [-0.2, -0.15) is 0 Å². The maximum Gasteiger partial charge on any atom is 0.344 e. The molecule has 1 N–H and O–H groups in total. The predicted octanol–water partition coefficient (Wildman–Crippen LogP) is 8.12. The van der Waals surface area contributed by atoms with Gasteiger partial charge in [0.1, 0.15) is 23.0 Å². The van der Waals surface area contributed by atoms with Crippen molar-refractivity contribution in [3.63, 3.8) is 0 Å². The van der Waals surface area contributed by atoms with Crippen molar-refractivity contribution in [2.45, 2.75) is 20.5 Å². The number of aliphatic hydroxyl groups is 1. The van der Waals surface area contributed by atoms with E-state index in [4.69, 9.17) is 25.8 Å². The van der Waals surface area contributed by atoms with Crippen LogP contribution in [0.2, 0.25) is 5.02 Å². The highest BCUT2D eigenvalue weighted by Gasteiger charge is 2.33. The van der Waals surface area contributed by atoms with Crippen molar-refractivity contribution >= 4 is 68.7 Å². The molecule has 1 aliphatic heterocycles. The van der Waals surface area contributed by atoms with Gasteiger partial charge in [0.2, 0.25) is 0 Å². The standard InChI is InChI=1S/C29H25ClINO5S/c1-3-35-23-15-19(14-22(30)27(23)37-17-18-10-12-20(31)13-11-18)16-24-26(33)25(29(34)36-4-2)28(38-24)32-21-8-6-5-7-9-21/h5-16,33H,3-4,17H2,1-2H3/b24-16-,32-28?. The molecule has 0 atom stereocenters. The number of nitrogens with zero attached hydrogens (tertiary/aromatic N) is 1. The highest BCUT2D eigenvalue weighted by molar-refractivity contribution is 14.1. The second-order valence-corrected chi connectivity index (χ2v) is 10.7. The molecule has 0 fully saturated rings. The van der Waals surface area contributed by atoms with E-state index < -0.39 is 5.97 Å². The first-order valence-corrected chi connectivity index (χ1v) is 14.1. The van der Waals surface area contributed by atoms with Gasteiger partial charge in [0.25, 0.3) is 0 Å². The Morgan fingerprint density at radius 1 is 1.05 bits per heavy atom. The lowest BCUT2D eigenvalue weighted by Crippen LogP contribution is -2.12. The number of hydrogen-bond donors (Lipinski definition) is 1. The summed E-state index contributed by atoms with van der Waals surface area (Å²) < 4.78 is 18.2. The number of ether oxygens (including phenoxy) is 3. The third kappa shape index (κ3) is 6.92. The van der Waals surface area contributed by atoms with Crippen molar-refractivity contribution in [2.75, 3.05) is 13.2 Å². The molecule has 3 aromatic carbocycles. The molecule has 0 saturated heterocycles. The molecule has 0 aromatic heterocycles. The molecule has 9 heteroatoms. The zero-order chi connectivity index (χ0) is 27.1. The van der Waals surface area contributed by atoms with E-state index >= 15 is 0 Å². The van der Waals surface area contributed by atoms with Crippen LogP contribution < -0.4 is 9.47 Å². The van der Waals surface area contributed by atoms with Crippen LogP contribution in [0.3, 0.4) is 0 Å². The van der Waals surface area contributed by atoms with Crippen LogP contribution in [0.5, 0.6) is 11.5 Å². The number of benzene rings is 3. The van der Waals surface area contributed by atoms with E-state index in [-0.39, 0.29) is 17.9 Å². The van der Waals surface area contributed by atoms with Crippen molar-refractivity contribution in [3.8, 4) is 11.5 Å². The topological polar surface area (TPSA) is 77.4 Å². The second kappa shape index (κ2) is 13.2. The molecule has 6 nitrogen and oxygen atoms in total. The molecule has 0 saturated carbocycles. The molecule has 38 heavy (non-hydrogen) atoms. The summed E-state index contributed by atoms with van der Waals surface area (Å²) in [6.45, 7) is 4.51. The Bertz CT molecular complexity index is 1400. The minimum Gasteiger partial charge on any atom is -0.506 e. The molecule has 3 aromatic rings. The van der Waals surface area contributed by atoms with Crippen LogP contribution in [0.4, 0.5) is 5.69 Å². The number of hydrogen-bond acceptors (Lipinski definition) is 7. The van der Waals surface area contributed by atoms with E-state index in [1.807, 2.05) is 61.5 Å². The van der Waals surface area contributed by atoms with Gasteiger partial charge in [-0.25, -0.2) is 9.79 Å². The third-order valence-electron chi connectivity index (χ3n) is 5.28. The number of halogens is 2. The second-order valence-electron chi connectivity index (χ2n) is 7.99. The minimum absolute atomic E-state index is 0.0283. The predicted molar refractivity (Wildman–Crippen MR) is 162 cm³/mol. The largest absolute Gasteiger partial charge is 0.506 e. The molecule has 0 unspecified atom stereocenters. The SMILES string of the molecule is CCOC(=O)C1=C(O)/C(=C/c2cc(Cl)c(OCc3ccc(I)cc3)c(OCC)c2)SC1=Nc1ccccc1. The first-order chi connectivity index (χ1) is 18.4. The first kappa shape index (κ1) is 28.1. The quantitative estimate of drug-likeness (QED) is 0.184. The van der Waals surface area contributed by atoms with Crippen molar-refractivity contribution in [3.05, 3.63) is 103 Å². The van der Waals surface area contributed by atoms with Gasteiger partial charge in [0, 0.05) is 3.57 Å². The summed E-state index contributed by atoms with van der Waals surface area (Å²) in [5.74, 6) is 0.0819. The van der Waals surface area contributed by atoms with Crippen molar-refractivity contribution in [1.82, 2.24) is 0 Å². The van der Waals surface area contributed by atoms with Gasteiger partial charge in [-0.1, -0.05) is 53.7 Å². The van der Waals surface area contributed by atoms with Crippen LogP contribution in [-0.4, -0.2) is 29.3 Å². The van der Waals surface area contributed by atoms with E-state index in [0.29, 0.717) is 50.9 Å². The van der Waals surface area contributed by atoms with Gasteiger partial charge in [-0.15, -0.1) is 0 Å². The number of carbonyl (C=O) groups is 1. The lowest BCUT2D eigenvalue weighted by molar-refractivity contribution is -0.138. The van der Waals surface area contributed by atoms with Crippen LogP contribution >= 0.6 is 46.0 Å². The van der Waals surface area contributed by atoms with Crippen molar-refractivity contribution < 1.29 is 24.1 Å². The number of esters is 1. The monoisotopic (exact) mass is 661 g/mol. The van der Waals surface area contributed by atoms with E-state index in [2.05, 4.69) is 27.6 Å². The average Bonchev–Trinajstić information content (AvgIpc) is 3.19. The fourth-order valence-corrected chi connectivity index (χ4v) is 5.24. The number of aliphatic hydroxyl groups excluding tert-OH is 1. The van der Waals surface area contributed by atoms with Crippen molar-refractivity contribution in [1.29, 1.82) is 0 Å². The molecular formula is C29H25ClINO5S. The minimum atomic E-state index is -0.636. The fourth-order valence-electron chi connectivity index (χ4n) is 3.57. The Kier molecular flexibility index (Phi) is 9.76. The van der Waals surface area contributed by atoms with E-state index in [1.54, 1.807) is 25.1 Å². The van der Waals surface area contributed by atoms with Gasteiger partial charge >= 0.3 is 5.97 Å². The zero-order valence-corrected chi connectivity index (χ0v) is 24.5. The Balaban J connectivity index is 1.67. The van der Waals surface area contributed by atoms with E-state index in [0.717, 1.165) is 9.13 Å². The van der Waals surface area contributed by atoms with E-state index in [1.165, 1.54) is 11.8 Å². The number of carbonyl (C=O) groups excluding carboxylic acids is 1. The summed E-state index contributed by atoms with van der Waals surface area (Å²) in [7, 11) is 0. The Hall–Kier alpha value is -2.95. The molecule has 1 aliphatic rings. The first-order valence-electron chi connectivity index (χ1n) is 11.9.